The first-order valence-corrected chi connectivity index (χ1v) is 7.77. The van der Waals surface area contributed by atoms with Gasteiger partial charge in [0, 0.05) is 25.2 Å². The third-order valence-corrected chi connectivity index (χ3v) is 4.66. The molecule has 0 saturated heterocycles. The molecule has 2 atom stereocenters. The van der Waals surface area contributed by atoms with Crippen LogP contribution >= 0.6 is 0 Å². The lowest BCUT2D eigenvalue weighted by Gasteiger charge is -2.35. The zero-order chi connectivity index (χ0) is 13.9. The summed E-state index contributed by atoms with van der Waals surface area (Å²) in [5, 5.41) is 12.2. The van der Waals surface area contributed by atoms with Crippen LogP contribution in [0.25, 0.3) is 5.65 Å². The fourth-order valence-electron chi connectivity index (χ4n) is 3.50. The summed E-state index contributed by atoms with van der Waals surface area (Å²) in [5.74, 6) is 2.62. The summed E-state index contributed by atoms with van der Waals surface area (Å²) in [6, 6.07) is 6.67. The molecule has 20 heavy (non-hydrogen) atoms. The number of fused-ring (bicyclic) bond motifs is 1. The number of hydrogen-bond donors (Lipinski definition) is 1. The van der Waals surface area contributed by atoms with E-state index in [0.717, 1.165) is 36.3 Å². The van der Waals surface area contributed by atoms with Gasteiger partial charge in [-0.05, 0) is 36.8 Å². The summed E-state index contributed by atoms with van der Waals surface area (Å²) >= 11 is 0. The van der Waals surface area contributed by atoms with E-state index in [1.165, 1.54) is 19.3 Å². The van der Waals surface area contributed by atoms with Crippen molar-refractivity contribution in [2.24, 2.45) is 11.8 Å². The second kappa shape index (κ2) is 5.92. The van der Waals surface area contributed by atoms with Crippen LogP contribution in [0, 0.1) is 11.8 Å². The Morgan fingerprint density at radius 1 is 1.20 bits per heavy atom. The van der Waals surface area contributed by atoms with Crippen molar-refractivity contribution < 1.29 is 0 Å². The first kappa shape index (κ1) is 13.6. The second-order valence-electron chi connectivity index (χ2n) is 6.16. The molecule has 108 valence electrons. The predicted octanol–water partition coefficient (Wildman–Crippen LogP) is 2.69. The Labute approximate surface area is 120 Å². The molecule has 1 saturated carbocycles. The Morgan fingerprint density at radius 2 is 2.00 bits per heavy atom. The van der Waals surface area contributed by atoms with E-state index in [9.17, 15) is 0 Å². The van der Waals surface area contributed by atoms with Crippen LogP contribution in [0.15, 0.2) is 24.4 Å². The molecule has 2 aromatic heterocycles. The largest absolute Gasteiger partial charge is 0.313 e. The van der Waals surface area contributed by atoms with Crippen molar-refractivity contribution in [1.82, 2.24) is 19.9 Å². The molecule has 4 nitrogen and oxygen atoms in total. The Kier molecular flexibility index (Phi) is 4.01. The minimum atomic E-state index is 0.655. The van der Waals surface area contributed by atoms with Gasteiger partial charge in [0.05, 0.1) is 0 Å². The van der Waals surface area contributed by atoms with Crippen molar-refractivity contribution >= 4 is 5.65 Å². The molecule has 0 aliphatic heterocycles. The molecule has 2 unspecified atom stereocenters. The van der Waals surface area contributed by atoms with Crippen molar-refractivity contribution in [3.63, 3.8) is 0 Å². The molecular formula is C16H24N4. The van der Waals surface area contributed by atoms with Gasteiger partial charge in [0.2, 0.25) is 0 Å². The van der Waals surface area contributed by atoms with E-state index in [1.54, 1.807) is 0 Å². The molecule has 2 aromatic rings. The van der Waals surface area contributed by atoms with Gasteiger partial charge in [-0.1, -0.05) is 26.3 Å². The normalized spacial score (nSPS) is 27.0. The lowest BCUT2D eigenvalue weighted by atomic mass is 9.79. The molecule has 0 aromatic carbocycles. The third kappa shape index (κ3) is 2.70. The Morgan fingerprint density at radius 3 is 2.80 bits per heavy atom. The van der Waals surface area contributed by atoms with Gasteiger partial charge in [0.15, 0.2) is 5.65 Å². The lowest BCUT2D eigenvalue weighted by Crippen LogP contribution is -2.43. The van der Waals surface area contributed by atoms with Crippen molar-refractivity contribution in [1.29, 1.82) is 0 Å². The van der Waals surface area contributed by atoms with E-state index in [1.807, 2.05) is 24.4 Å². The molecule has 1 aliphatic carbocycles. The first-order chi connectivity index (χ1) is 9.75. The summed E-state index contributed by atoms with van der Waals surface area (Å²) in [6.45, 7) is 5.73. The lowest BCUT2D eigenvalue weighted by molar-refractivity contribution is 0.210. The third-order valence-electron chi connectivity index (χ3n) is 4.66. The molecule has 0 bridgehead atoms. The van der Waals surface area contributed by atoms with Gasteiger partial charge in [-0.2, -0.15) is 0 Å². The van der Waals surface area contributed by atoms with Crippen molar-refractivity contribution in [3.8, 4) is 0 Å². The number of nitrogens with zero attached hydrogens (tertiary/aromatic N) is 3. The van der Waals surface area contributed by atoms with Crippen LogP contribution in [0.2, 0.25) is 0 Å². The first-order valence-electron chi connectivity index (χ1n) is 7.77. The van der Waals surface area contributed by atoms with Crippen LogP contribution < -0.4 is 5.32 Å². The van der Waals surface area contributed by atoms with E-state index in [4.69, 9.17) is 0 Å². The van der Waals surface area contributed by atoms with E-state index in [2.05, 4.69) is 33.8 Å². The van der Waals surface area contributed by atoms with E-state index in [-0.39, 0.29) is 0 Å². The smallest absolute Gasteiger partial charge is 0.160 e. The standard InChI is InChI=1S/C16H24N4/c1-12-6-5-7-13(2)16(12)17-10-9-15-19-18-14-8-3-4-11-20(14)15/h3-4,8,11-13,16-17H,5-7,9-10H2,1-2H3. The molecule has 0 radical (unpaired) electrons. The van der Waals surface area contributed by atoms with E-state index < -0.39 is 0 Å². The average Bonchev–Trinajstić information content (AvgIpc) is 2.86. The number of rotatable bonds is 4. The van der Waals surface area contributed by atoms with Gasteiger partial charge in [-0.25, -0.2) is 0 Å². The summed E-state index contributed by atoms with van der Waals surface area (Å²) < 4.78 is 2.08. The van der Waals surface area contributed by atoms with Crippen molar-refractivity contribution in [2.45, 2.75) is 45.6 Å². The maximum absolute atomic E-state index is 4.29. The van der Waals surface area contributed by atoms with Gasteiger partial charge in [-0.3, -0.25) is 4.40 Å². The minimum absolute atomic E-state index is 0.655. The molecule has 1 N–H and O–H groups in total. The highest BCUT2D eigenvalue weighted by molar-refractivity contribution is 5.36. The molecular weight excluding hydrogens is 248 g/mol. The monoisotopic (exact) mass is 272 g/mol. The highest BCUT2D eigenvalue weighted by atomic mass is 15.2. The second-order valence-corrected chi connectivity index (χ2v) is 6.16. The summed E-state index contributed by atoms with van der Waals surface area (Å²) in [7, 11) is 0. The van der Waals surface area contributed by atoms with Crippen molar-refractivity contribution in [2.75, 3.05) is 6.54 Å². The fourth-order valence-corrected chi connectivity index (χ4v) is 3.50. The maximum Gasteiger partial charge on any atom is 0.160 e. The summed E-state index contributed by atoms with van der Waals surface area (Å²) in [4.78, 5) is 0. The number of hydrogen-bond acceptors (Lipinski definition) is 3. The van der Waals surface area contributed by atoms with Crippen LogP contribution in [0.1, 0.15) is 38.9 Å². The predicted molar refractivity (Wildman–Crippen MR) is 80.7 cm³/mol. The van der Waals surface area contributed by atoms with Crippen LogP contribution in [-0.4, -0.2) is 27.2 Å². The molecule has 0 amide bonds. The maximum atomic E-state index is 4.29. The molecule has 0 spiro atoms. The SMILES string of the molecule is CC1CCCC(C)C1NCCc1nnc2ccccn12. The van der Waals surface area contributed by atoms with Crippen LogP contribution in [0.5, 0.6) is 0 Å². The summed E-state index contributed by atoms with van der Waals surface area (Å²) in [6.07, 6.45) is 7.07. The van der Waals surface area contributed by atoms with Crippen molar-refractivity contribution in [3.05, 3.63) is 30.2 Å². The number of nitrogens with one attached hydrogen (secondary N) is 1. The van der Waals surface area contributed by atoms with Gasteiger partial charge in [0.1, 0.15) is 5.82 Å². The number of aromatic nitrogens is 3. The summed E-state index contributed by atoms with van der Waals surface area (Å²) in [5.41, 5.74) is 0.932. The van der Waals surface area contributed by atoms with Crippen LogP contribution in [-0.2, 0) is 6.42 Å². The Balaban J connectivity index is 1.59. The Bertz CT molecular complexity index is 552. The van der Waals surface area contributed by atoms with Crippen LogP contribution in [0.3, 0.4) is 0 Å². The van der Waals surface area contributed by atoms with E-state index >= 15 is 0 Å². The Hall–Kier alpha value is -1.42. The van der Waals surface area contributed by atoms with Crippen LogP contribution in [0.4, 0.5) is 0 Å². The zero-order valence-electron chi connectivity index (χ0n) is 12.4. The molecule has 3 rings (SSSR count). The highest BCUT2D eigenvalue weighted by Crippen LogP contribution is 2.28. The fraction of sp³-hybridized carbons (Fsp3) is 0.625. The van der Waals surface area contributed by atoms with Gasteiger partial charge >= 0.3 is 0 Å². The number of pyridine rings is 1. The molecule has 4 heteroatoms. The average molecular weight is 272 g/mol. The molecule has 2 heterocycles. The molecule has 1 fully saturated rings. The van der Waals surface area contributed by atoms with E-state index in [0.29, 0.717) is 6.04 Å². The van der Waals surface area contributed by atoms with Gasteiger partial charge in [-0.15, -0.1) is 10.2 Å². The van der Waals surface area contributed by atoms with Gasteiger partial charge < -0.3 is 5.32 Å². The molecule has 1 aliphatic rings. The quantitative estimate of drug-likeness (QED) is 0.930. The topological polar surface area (TPSA) is 42.2 Å². The van der Waals surface area contributed by atoms with Gasteiger partial charge in [0.25, 0.3) is 0 Å². The zero-order valence-corrected chi connectivity index (χ0v) is 12.4. The highest BCUT2D eigenvalue weighted by Gasteiger charge is 2.26. The minimum Gasteiger partial charge on any atom is -0.313 e.